The molecule has 3 rings (SSSR count). The lowest BCUT2D eigenvalue weighted by Crippen LogP contribution is -2.31. The molecule has 6 nitrogen and oxygen atoms in total. The van der Waals surface area contributed by atoms with E-state index in [1.165, 1.54) is 5.69 Å². The molecule has 0 saturated carbocycles. The van der Waals surface area contributed by atoms with E-state index in [1.807, 2.05) is 19.4 Å². The van der Waals surface area contributed by atoms with Crippen LogP contribution in [0.15, 0.2) is 24.7 Å². The fraction of sp³-hybridized carbons (Fsp3) is 0.500. The van der Waals surface area contributed by atoms with Crippen LogP contribution in [0, 0.1) is 0 Å². The Balaban J connectivity index is 1.72. The third-order valence-corrected chi connectivity index (χ3v) is 4.29. The van der Waals surface area contributed by atoms with Gasteiger partial charge < -0.3 is 5.32 Å². The number of nitrogens with one attached hydrogen (secondary N) is 1. The standard InChI is InChI=1S/C18H25N5O/c1-18(2,3)23-16-7-5-6-15(14(16)11-20-23)21-17(24)9-8-13-10-19-22(4)12-13/h8-12,15H,5-7H2,1-4H3,(H,21,24)/b9-8-/t15-/m0/s1. The molecule has 0 saturated heterocycles. The van der Waals surface area contributed by atoms with Crippen molar-refractivity contribution in [3.8, 4) is 0 Å². The van der Waals surface area contributed by atoms with Crippen LogP contribution >= 0.6 is 0 Å². The van der Waals surface area contributed by atoms with E-state index in [2.05, 4.69) is 41.0 Å². The van der Waals surface area contributed by atoms with Gasteiger partial charge in [-0.3, -0.25) is 14.2 Å². The number of hydrogen-bond acceptors (Lipinski definition) is 3. The molecular weight excluding hydrogens is 302 g/mol. The van der Waals surface area contributed by atoms with Gasteiger partial charge in [-0.1, -0.05) is 0 Å². The van der Waals surface area contributed by atoms with Gasteiger partial charge in [0.1, 0.15) is 0 Å². The van der Waals surface area contributed by atoms with Crippen molar-refractivity contribution in [3.63, 3.8) is 0 Å². The highest BCUT2D eigenvalue weighted by Crippen LogP contribution is 2.32. The largest absolute Gasteiger partial charge is 0.346 e. The number of hydrogen-bond donors (Lipinski definition) is 1. The van der Waals surface area contributed by atoms with Crippen molar-refractivity contribution in [2.45, 2.75) is 51.6 Å². The van der Waals surface area contributed by atoms with E-state index in [1.54, 1.807) is 23.0 Å². The van der Waals surface area contributed by atoms with Gasteiger partial charge in [0.15, 0.2) is 0 Å². The first kappa shape index (κ1) is 16.5. The molecule has 1 atom stereocenters. The molecule has 1 aliphatic carbocycles. The summed E-state index contributed by atoms with van der Waals surface area (Å²) >= 11 is 0. The van der Waals surface area contributed by atoms with Gasteiger partial charge in [0.05, 0.1) is 24.0 Å². The Hall–Kier alpha value is -2.37. The third kappa shape index (κ3) is 3.42. The van der Waals surface area contributed by atoms with Crippen LogP contribution in [-0.2, 0) is 23.8 Å². The average Bonchev–Trinajstić information content (AvgIpc) is 3.11. The van der Waals surface area contributed by atoms with Gasteiger partial charge in [0.25, 0.3) is 0 Å². The molecule has 0 aromatic carbocycles. The minimum Gasteiger partial charge on any atom is -0.346 e. The SMILES string of the molecule is Cn1cc(/C=C\C(=O)N[C@H]2CCCc3c2cnn3C(C)(C)C)cn1. The van der Waals surface area contributed by atoms with E-state index in [0.717, 1.165) is 30.4 Å². The van der Waals surface area contributed by atoms with Crippen molar-refractivity contribution in [1.29, 1.82) is 0 Å². The number of aryl methyl sites for hydroxylation is 1. The number of carbonyl (C=O) groups excluding carboxylic acids is 1. The van der Waals surface area contributed by atoms with E-state index in [0.29, 0.717) is 0 Å². The molecule has 128 valence electrons. The lowest BCUT2D eigenvalue weighted by atomic mass is 9.92. The zero-order valence-electron chi connectivity index (χ0n) is 14.8. The molecule has 1 aliphatic rings. The molecule has 0 fully saturated rings. The van der Waals surface area contributed by atoms with Crippen molar-refractivity contribution >= 4 is 12.0 Å². The zero-order valence-corrected chi connectivity index (χ0v) is 14.8. The molecule has 0 spiro atoms. The van der Waals surface area contributed by atoms with Crippen LogP contribution in [0.5, 0.6) is 0 Å². The second-order valence-electron chi connectivity index (χ2n) is 7.36. The van der Waals surface area contributed by atoms with Crippen LogP contribution in [0.3, 0.4) is 0 Å². The van der Waals surface area contributed by atoms with Crippen LogP contribution in [0.1, 0.15) is 56.5 Å². The molecule has 0 radical (unpaired) electrons. The maximum atomic E-state index is 12.3. The van der Waals surface area contributed by atoms with Gasteiger partial charge in [-0.05, 0) is 46.1 Å². The van der Waals surface area contributed by atoms with Gasteiger partial charge >= 0.3 is 0 Å². The first-order chi connectivity index (χ1) is 11.3. The second-order valence-corrected chi connectivity index (χ2v) is 7.36. The van der Waals surface area contributed by atoms with Gasteiger partial charge in [-0.15, -0.1) is 0 Å². The zero-order chi connectivity index (χ0) is 17.3. The lowest BCUT2D eigenvalue weighted by Gasteiger charge is -2.28. The molecule has 0 bridgehead atoms. The molecule has 2 aromatic heterocycles. The molecular formula is C18H25N5O. The third-order valence-electron chi connectivity index (χ3n) is 4.29. The number of carbonyl (C=O) groups is 1. The average molecular weight is 327 g/mol. The van der Waals surface area contributed by atoms with E-state index >= 15 is 0 Å². The van der Waals surface area contributed by atoms with Crippen LogP contribution in [0.25, 0.3) is 6.08 Å². The second kappa shape index (κ2) is 6.26. The van der Waals surface area contributed by atoms with Gasteiger partial charge in [-0.2, -0.15) is 10.2 Å². The Morgan fingerprint density at radius 2 is 2.12 bits per heavy atom. The summed E-state index contributed by atoms with van der Waals surface area (Å²) in [6.07, 6.45) is 11.9. The fourth-order valence-electron chi connectivity index (χ4n) is 3.20. The lowest BCUT2D eigenvalue weighted by molar-refractivity contribution is -0.117. The quantitative estimate of drug-likeness (QED) is 0.881. The number of fused-ring (bicyclic) bond motifs is 1. The van der Waals surface area contributed by atoms with Crippen molar-refractivity contribution in [3.05, 3.63) is 41.5 Å². The first-order valence-corrected chi connectivity index (χ1v) is 8.39. The molecule has 0 unspecified atom stereocenters. The number of rotatable bonds is 3. The maximum absolute atomic E-state index is 12.3. The maximum Gasteiger partial charge on any atom is 0.244 e. The van der Waals surface area contributed by atoms with Crippen molar-refractivity contribution in [1.82, 2.24) is 24.9 Å². The highest BCUT2D eigenvalue weighted by Gasteiger charge is 2.28. The van der Waals surface area contributed by atoms with E-state index in [-0.39, 0.29) is 17.5 Å². The summed E-state index contributed by atoms with van der Waals surface area (Å²) in [6, 6.07) is 0.0379. The van der Waals surface area contributed by atoms with E-state index in [9.17, 15) is 4.79 Å². The predicted octanol–water partition coefficient (Wildman–Crippen LogP) is 2.58. The molecule has 1 N–H and O–H groups in total. The minimum atomic E-state index is -0.0831. The normalized spacial score (nSPS) is 17.9. The highest BCUT2D eigenvalue weighted by molar-refractivity contribution is 5.91. The first-order valence-electron chi connectivity index (χ1n) is 8.39. The Bertz CT molecular complexity index is 763. The summed E-state index contributed by atoms with van der Waals surface area (Å²) in [5, 5.41) is 11.8. The molecule has 24 heavy (non-hydrogen) atoms. The van der Waals surface area contributed by atoms with E-state index < -0.39 is 0 Å². The highest BCUT2D eigenvalue weighted by atomic mass is 16.1. The van der Waals surface area contributed by atoms with Crippen molar-refractivity contribution in [2.75, 3.05) is 0 Å². The predicted molar refractivity (Wildman–Crippen MR) is 93.3 cm³/mol. The number of aromatic nitrogens is 4. The van der Waals surface area contributed by atoms with Crippen molar-refractivity contribution in [2.24, 2.45) is 7.05 Å². The molecule has 2 heterocycles. The molecule has 0 aliphatic heterocycles. The van der Waals surface area contributed by atoms with Gasteiger partial charge in [-0.25, -0.2) is 0 Å². The van der Waals surface area contributed by atoms with Gasteiger partial charge in [0.2, 0.25) is 5.91 Å². The summed E-state index contributed by atoms with van der Waals surface area (Å²) in [7, 11) is 1.86. The molecule has 1 amide bonds. The monoisotopic (exact) mass is 327 g/mol. The van der Waals surface area contributed by atoms with Crippen LogP contribution in [-0.4, -0.2) is 25.5 Å². The molecule has 2 aromatic rings. The Morgan fingerprint density at radius 3 is 2.79 bits per heavy atom. The fourth-order valence-corrected chi connectivity index (χ4v) is 3.20. The van der Waals surface area contributed by atoms with Crippen LogP contribution < -0.4 is 5.32 Å². The van der Waals surface area contributed by atoms with Crippen LogP contribution in [0.2, 0.25) is 0 Å². The summed E-state index contributed by atoms with van der Waals surface area (Å²) in [5.74, 6) is -0.0831. The van der Waals surface area contributed by atoms with Crippen LogP contribution in [0.4, 0.5) is 0 Å². The van der Waals surface area contributed by atoms with Gasteiger partial charge in [0, 0.05) is 36.1 Å². The smallest absolute Gasteiger partial charge is 0.244 e. The van der Waals surface area contributed by atoms with Crippen molar-refractivity contribution < 1.29 is 4.79 Å². The van der Waals surface area contributed by atoms with E-state index in [4.69, 9.17) is 0 Å². The number of amides is 1. The Labute approximate surface area is 142 Å². The minimum absolute atomic E-state index is 0.0379. The summed E-state index contributed by atoms with van der Waals surface area (Å²) in [4.78, 5) is 12.3. The summed E-state index contributed by atoms with van der Waals surface area (Å²) in [5.41, 5.74) is 3.27. The Morgan fingerprint density at radius 1 is 1.33 bits per heavy atom. The summed E-state index contributed by atoms with van der Waals surface area (Å²) < 4.78 is 3.80. The Kier molecular flexibility index (Phi) is 4.30. The summed E-state index contributed by atoms with van der Waals surface area (Å²) in [6.45, 7) is 6.46. The molecule has 6 heteroatoms. The number of nitrogens with zero attached hydrogens (tertiary/aromatic N) is 4. The topological polar surface area (TPSA) is 64.7 Å².